The number of rotatable bonds is 0. The number of aliphatic hydroxyl groups is 1. The highest BCUT2D eigenvalue weighted by Crippen LogP contribution is 2.51. The van der Waals surface area contributed by atoms with Crippen molar-refractivity contribution in [2.45, 2.75) is 37.6 Å². The molecule has 0 aromatic rings. The molecule has 5 atom stereocenters. The second-order valence-electron chi connectivity index (χ2n) is 4.46. The molecule has 66 valence electrons. The molecule has 0 radical (unpaired) electrons. The van der Waals surface area contributed by atoms with Crippen molar-refractivity contribution in [1.29, 1.82) is 0 Å². The first-order valence-corrected chi connectivity index (χ1v) is 4.76. The molecule has 2 aliphatic heterocycles. The third-order valence-electron chi connectivity index (χ3n) is 3.83. The molecule has 2 fully saturated rings. The van der Waals surface area contributed by atoms with Gasteiger partial charge in [-0.25, -0.2) is 0 Å². The largest absolute Gasteiger partial charge is 0.392 e. The summed E-state index contributed by atoms with van der Waals surface area (Å²) >= 11 is 0. The Balaban J connectivity index is 2.07. The topological polar surface area (TPSA) is 29.5 Å². The number of ether oxygens (including phenoxy) is 1. The van der Waals surface area contributed by atoms with Crippen LogP contribution >= 0.6 is 0 Å². The SMILES string of the molecule is C[C@]12C=C[C@H](O1)[C@@H]1CC[C@H]2[C@@H]1O. The van der Waals surface area contributed by atoms with Gasteiger partial charge in [-0.3, -0.25) is 0 Å². The Morgan fingerprint density at radius 1 is 1.50 bits per heavy atom. The van der Waals surface area contributed by atoms with Crippen molar-refractivity contribution < 1.29 is 9.84 Å². The minimum Gasteiger partial charge on any atom is -0.392 e. The summed E-state index contributed by atoms with van der Waals surface area (Å²) in [6.45, 7) is 2.10. The van der Waals surface area contributed by atoms with Gasteiger partial charge in [0.2, 0.25) is 0 Å². The van der Waals surface area contributed by atoms with Gasteiger partial charge in [0.25, 0.3) is 0 Å². The van der Waals surface area contributed by atoms with Crippen molar-refractivity contribution in [3.8, 4) is 0 Å². The van der Waals surface area contributed by atoms with Crippen LogP contribution in [0.15, 0.2) is 12.2 Å². The molecule has 1 saturated heterocycles. The van der Waals surface area contributed by atoms with Gasteiger partial charge in [-0.05, 0) is 19.8 Å². The van der Waals surface area contributed by atoms with Crippen LogP contribution in [-0.4, -0.2) is 22.9 Å². The van der Waals surface area contributed by atoms with Crippen molar-refractivity contribution in [2.75, 3.05) is 0 Å². The lowest BCUT2D eigenvalue weighted by Crippen LogP contribution is -2.47. The van der Waals surface area contributed by atoms with E-state index in [1.807, 2.05) is 0 Å². The molecule has 0 aromatic heterocycles. The first-order chi connectivity index (χ1) is 5.71. The smallest absolute Gasteiger partial charge is 0.0896 e. The maximum Gasteiger partial charge on any atom is 0.0896 e. The lowest BCUT2D eigenvalue weighted by Gasteiger charge is -2.39. The van der Waals surface area contributed by atoms with Gasteiger partial charge in [0.05, 0.1) is 17.8 Å². The van der Waals surface area contributed by atoms with E-state index in [1.165, 1.54) is 0 Å². The molecule has 0 spiro atoms. The molecule has 2 heteroatoms. The van der Waals surface area contributed by atoms with E-state index >= 15 is 0 Å². The molecular formula is C10H14O2. The zero-order valence-electron chi connectivity index (χ0n) is 7.23. The van der Waals surface area contributed by atoms with Crippen molar-refractivity contribution in [1.82, 2.24) is 0 Å². The Labute approximate surface area is 72.2 Å². The Kier molecular flexibility index (Phi) is 1.15. The number of hydrogen-bond acceptors (Lipinski definition) is 2. The standard InChI is InChI=1S/C10H14O2/c1-10-5-4-8(12-10)6-2-3-7(10)9(6)11/h4-9,11H,2-3H2,1H3/t6-,7-,8-,9+,10+/m0/s1. The zero-order chi connectivity index (χ0) is 8.34. The molecule has 1 N–H and O–H groups in total. The fraction of sp³-hybridized carbons (Fsp3) is 0.800. The molecule has 2 heterocycles. The average molecular weight is 166 g/mol. The predicted molar refractivity (Wildman–Crippen MR) is 44.6 cm³/mol. The highest BCUT2D eigenvalue weighted by atomic mass is 16.5. The van der Waals surface area contributed by atoms with Gasteiger partial charge in [-0.2, -0.15) is 0 Å². The van der Waals surface area contributed by atoms with Gasteiger partial charge in [0, 0.05) is 11.8 Å². The summed E-state index contributed by atoms with van der Waals surface area (Å²) in [6, 6.07) is 0. The Hall–Kier alpha value is -0.340. The van der Waals surface area contributed by atoms with E-state index in [0.717, 1.165) is 12.8 Å². The second-order valence-corrected chi connectivity index (χ2v) is 4.46. The number of fused-ring (bicyclic) bond motifs is 6. The van der Waals surface area contributed by atoms with E-state index in [2.05, 4.69) is 19.1 Å². The van der Waals surface area contributed by atoms with Gasteiger partial charge >= 0.3 is 0 Å². The first kappa shape index (κ1) is 7.10. The van der Waals surface area contributed by atoms with Crippen molar-refractivity contribution >= 4 is 0 Å². The maximum absolute atomic E-state index is 9.93. The van der Waals surface area contributed by atoms with Gasteiger partial charge in [0.15, 0.2) is 0 Å². The highest BCUT2D eigenvalue weighted by molar-refractivity contribution is 5.21. The van der Waals surface area contributed by atoms with Crippen LogP contribution in [0.1, 0.15) is 19.8 Å². The van der Waals surface area contributed by atoms with E-state index in [-0.39, 0.29) is 17.8 Å². The summed E-state index contributed by atoms with van der Waals surface area (Å²) in [4.78, 5) is 0. The number of aliphatic hydroxyl groups excluding tert-OH is 1. The monoisotopic (exact) mass is 166 g/mol. The molecular weight excluding hydrogens is 152 g/mol. The Bertz CT molecular complexity index is 248. The van der Waals surface area contributed by atoms with Crippen LogP contribution in [0.2, 0.25) is 0 Å². The average Bonchev–Trinajstić information content (AvgIpc) is 2.47. The molecule has 3 aliphatic rings. The minimum atomic E-state index is -0.156. The lowest BCUT2D eigenvalue weighted by molar-refractivity contribution is -0.145. The quantitative estimate of drug-likeness (QED) is 0.546. The molecule has 1 saturated carbocycles. The third kappa shape index (κ3) is 0.639. The van der Waals surface area contributed by atoms with Crippen molar-refractivity contribution in [2.24, 2.45) is 11.8 Å². The van der Waals surface area contributed by atoms with Crippen LogP contribution in [0.5, 0.6) is 0 Å². The van der Waals surface area contributed by atoms with Gasteiger partial charge < -0.3 is 9.84 Å². The Morgan fingerprint density at radius 2 is 2.33 bits per heavy atom. The van der Waals surface area contributed by atoms with E-state index in [1.54, 1.807) is 0 Å². The lowest BCUT2D eigenvalue weighted by atomic mass is 9.84. The van der Waals surface area contributed by atoms with Gasteiger partial charge in [-0.1, -0.05) is 12.2 Å². The molecule has 12 heavy (non-hydrogen) atoms. The van der Waals surface area contributed by atoms with Crippen molar-refractivity contribution in [3.05, 3.63) is 12.2 Å². The van der Waals surface area contributed by atoms with Crippen LogP contribution < -0.4 is 0 Å². The molecule has 0 aromatic carbocycles. The fourth-order valence-corrected chi connectivity index (χ4v) is 3.09. The molecule has 2 nitrogen and oxygen atoms in total. The third-order valence-corrected chi connectivity index (χ3v) is 3.83. The second kappa shape index (κ2) is 1.94. The fourth-order valence-electron chi connectivity index (χ4n) is 3.09. The predicted octanol–water partition coefficient (Wildman–Crippen LogP) is 1.10. The summed E-state index contributed by atoms with van der Waals surface area (Å²) in [6.07, 6.45) is 6.62. The minimum absolute atomic E-state index is 0.122. The van der Waals surface area contributed by atoms with Crippen LogP contribution in [0.25, 0.3) is 0 Å². The molecule has 0 unspecified atom stereocenters. The summed E-state index contributed by atoms with van der Waals surface area (Å²) in [5.41, 5.74) is -0.156. The van der Waals surface area contributed by atoms with E-state index in [4.69, 9.17) is 4.74 Å². The summed E-state index contributed by atoms with van der Waals surface area (Å²) in [5.74, 6) is 0.722. The van der Waals surface area contributed by atoms with Gasteiger partial charge in [-0.15, -0.1) is 0 Å². The van der Waals surface area contributed by atoms with Crippen LogP contribution in [0.4, 0.5) is 0 Å². The van der Waals surface area contributed by atoms with Crippen LogP contribution in [0.3, 0.4) is 0 Å². The first-order valence-electron chi connectivity index (χ1n) is 4.76. The highest BCUT2D eigenvalue weighted by Gasteiger charge is 2.56. The summed E-state index contributed by atoms with van der Waals surface area (Å²) in [5, 5.41) is 9.93. The van der Waals surface area contributed by atoms with Crippen LogP contribution in [-0.2, 0) is 4.74 Å². The van der Waals surface area contributed by atoms with Crippen molar-refractivity contribution in [3.63, 3.8) is 0 Å². The summed E-state index contributed by atoms with van der Waals surface area (Å²) < 4.78 is 5.87. The molecule has 0 amide bonds. The molecule has 1 aliphatic carbocycles. The van der Waals surface area contributed by atoms with Crippen LogP contribution in [0, 0.1) is 11.8 Å². The maximum atomic E-state index is 9.93. The van der Waals surface area contributed by atoms with E-state index in [0.29, 0.717) is 11.8 Å². The van der Waals surface area contributed by atoms with E-state index in [9.17, 15) is 5.11 Å². The summed E-state index contributed by atoms with van der Waals surface area (Å²) in [7, 11) is 0. The van der Waals surface area contributed by atoms with E-state index < -0.39 is 0 Å². The Morgan fingerprint density at radius 3 is 3.17 bits per heavy atom. The van der Waals surface area contributed by atoms with Gasteiger partial charge in [0.1, 0.15) is 0 Å². The zero-order valence-corrected chi connectivity index (χ0v) is 7.23. The molecule has 4 bridgehead atoms. The molecule has 3 rings (SSSR count). The normalized spacial score (nSPS) is 61.2. The number of hydrogen-bond donors (Lipinski definition) is 1.